The lowest BCUT2D eigenvalue weighted by Gasteiger charge is -2.36. The maximum atomic E-state index is 14.3. The zero-order chi connectivity index (χ0) is 31.0. The second-order valence-corrected chi connectivity index (χ2v) is 16.4. The Morgan fingerprint density at radius 3 is 2.44 bits per heavy atom. The summed E-state index contributed by atoms with van der Waals surface area (Å²) in [6.07, 6.45) is 2.07. The van der Waals surface area contributed by atoms with Gasteiger partial charge in [0, 0.05) is 25.7 Å². The first-order valence-corrected chi connectivity index (χ1v) is 16.9. The smallest absolute Gasteiger partial charge is 0.348 e. The number of rotatable bonds is 10. The van der Waals surface area contributed by atoms with Gasteiger partial charge in [0.05, 0.1) is 29.9 Å². The normalized spacial score (nSPS) is 21.4. The van der Waals surface area contributed by atoms with Crippen LogP contribution in [0, 0.1) is 10.8 Å². The molecule has 2 aliphatic heterocycles. The van der Waals surface area contributed by atoms with Gasteiger partial charge in [0.1, 0.15) is 11.3 Å². The molecule has 0 aliphatic carbocycles. The van der Waals surface area contributed by atoms with Gasteiger partial charge < -0.3 is 25.2 Å². The van der Waals surface area contributed by atoms with Crippen LogP contribution in [0.3, 0.4) is 0 Å². The molecule has 0 radical (unpaired) electrons. The molecular weight excluding hydrogens is 569 g/mol. The van der Waals surface area contributed by atoms with E-state index >= 15 is 0 Å². The van der Waals surface area contributed by atoms with E-state index in [1.807, 2.05) is 20.8 Å². The predicted molar refractivity (Wildman–Crippen MR) is 161 cm³/mol. The topological polar surface area (TPSA) is 166 Å². The maximum absolute atomic E-state index is 14.3. The summed E-state index contributed by atoms with van der Waals surface area (Å²) in [5, 5.41) is 17.1. The summed E-state index contributed by atoms with van der Waals surface area (Å²) >= 11 is 0. The number of carbonyl (C=O) groups excluding carboxylic acids is 2. The average Bonchev–Trinajstić information content (AvgIpc) is 3.08. The molecule has 228 valence electrons. The third kappa shape index (κ3) is 7.90. The quantitative estimate of drug-likeness (QED) is 0.229. The molecule has 2 aliphatic rings. The van der Waals surface area contributed by atoms with Crippen LogP contribution < -0.4 is 20.7 Å². The molecule has 0 bridgehead atoms. The first kappa shape index (κ1) is 32.6. The molecule has 2 amide bonds. The summed E-state index contributed by atoms with van der Waals surface area (Å²) in [7, 11) is -6.22. The van der Waals surface area contributed by atoms with E-state index in [4.69, 9.17) is 4.52 Å². The van der Waals surface area contributed by atoms with Crippen LogP contribution in [0.2, 0.25) is 0 Å². The zero-order valence-corrected chi connectivity index (χ0v) is 26.7. The van der Waals surface area contributed by atoms with Crippen molar-refractivity contribution in [3.63, 3.8) is 0 Å². The van der Waals surface area contributed by atoms with Crippen molar-refractivity contribution in [3.8, 4) is 0 Å². The van der Waals surface area contributed by atoms with Crippen molar-refractivity contribution in [3.05, 3.63) is 29.5 Å². The molecule has 4 N–H and O–H groups in total. The molecule has 12 nitrogen and oxygen atoms in total. The number of benzene rings is 1. The Bertz CT molecular complexity index is 1420. The van der Waals surface area contributed by atoms with Crippen molar-refractivity contribution in [2.45, 2.75) is 66.8 Å². The number of carbonyl (C=O) groups is 2. The first-order chi connectivity index (χ1) is 18.8. The van der Waals surface area contributed by atoms with Gasteiger partial charge in [0.15, 0.2) is 5.84 Å². The summed E-state index contributed by atoms with van der Waals surface area (Å²) in [4.78, 5) is 27.1. The Balaban J connectivity index is 2.08. The molecule has 41 heavy (non-hydrogen) atoms. The zero-order valence-electron chi connectivity index (χ0n) is 25.0. The molecule has 0 saturated heterocycles. The van der Waals surface area contributed by atoms with E-state index in [1.165, 1.54) is 25.2 Å². The lowest BCUT2D eigenvalue weighted by molar-refractivity contribution is -0.128. The number of sulfonamides is 1. The fraction of sp³-hybridized carbons (Fsp3) is 0.593. The average molecular weight is 612 g/mol. The Kier molecular flexibility index (Phi) is 9.37. The van der Waals surface area contributed by atoms with Gasteiger partial charge in [-0.15, -0.1) is 0 Å². The molecule has 0 spiro atoms. The van der Waals surface area contributed by atoms with Crippen LogP contribution in [0.15, 0.2) is 34.3 Å². The van der Waals surface area contributed by atoms with Crippen LogP contribution in [-0.2, 0) is 28.7 Å². The number of anilines is 2. The number of fused-ring (bicyclic) bond motifs is 1. The highest BCUT2D eigenvalue weighted by Crippen LogP contribution is 2.53. The predicted octanol–water partition coefficient (Wildman–Crippen LogP) is 3.75. The van der Waals surface area contributed by atoms with E-state index in [9.17, 15) is 27.7 Å². The monoisotopic (exact) mass is 611 g/mol. The highest BCUT2D eigenvalue weighted by Gasteiger charge is 2.48. The van der Waals surface area contributed by atoms with E-state index < -0.39 is 34.9 Å². The van der Waals surface area contributed by atoms with Crippen LogP contribution in [0.4, 0.5) is 11.4 Å². The number of aliphatic hydroxyl groups excluding tert-OH is 1. The van der Waals surface area contributed by atoms with Crippen molar-refractivity contribution < 1.29 is 32.2 Å². The molecular formula is C27H42N5O7PS. The molecule has 1 aromatic rings. The van der Waals surface area contributed by atoms with Crippen LogP contribution in [-0.4, -0.2) is 68.6 Å². The van der Waals surface area contributed by atoms with Crippen LogP contribution in [0.25, 0.3) is 0 Å². The van der Waals surface area contributed by atoms with Crippen molar-refractivity contribution in [1.29, 1.82) is 0 Å². The van der Waals surface area contributed by atoms with Crippen LogP contribution in [0.5, 0.6) is 0 Å². The number of amides is 2. The molecule has 14 heteroatoms. The molecule has 1 unspecified atom stereocenters. The minimum Gasteiger partial charge on any atom is -0.509 e. The van der Waals surface area contributed by atoms with Gasteiger partial charge in [0.2, 0.25) is 15.9 Å². The van der Waals surface area contributed by atoms with Gasteiger partial charge in [-0.2, -0.15) is 4.76 Å². The van der Waals surface area contributed by atoms with Gasteiger partial charge in [0.25, 0.3) is 5.91 Å². The van der Waals surface area contributed by atoms with Crippen molar-refractivity contribution in [2.75, 3.05) is 36.5 Å². The minimum absolute atomic E-state index is 0.0590. The van der Waals surface area contributed by atoms with Gasteiger partial charge >= 0.3 is 7.52 Å². The lowest BCUT2D eigenvalue weighted by Crippen LogP contribution is -2.45. The van der Waals surface area contributed by atoms with E-state index in [1.54, 1.807) is 4.90 Å². The number of nitrogens with one attached hydrogen (secondary N) is 3. The van der Waals surface area contributed by atoms with E-state index in [0.717, 1.165) is 6.26 Å². The number of hydrogen-bond donors (Lipinski definition) is 4. The lowest BCUT2D eigenvalue weighted by atomic mass is 9.84. The second-order valence-electron chi connectivity index (χ2n) is 12.6. The fourth-order valence-corrected chi connectivity index (χ4v) is 7.07. The summed E-state index contributed by atoms with van der Waals surface area (Å²) < 4.78 is 50.5. The molecule has 2 heterocycles. The van der Waals surface area contributed by atoms with Crippen molar-refractivity contribution in [2.24, 2.45) is 15.6 Å². The Hall–Kier alpha value is -2.89. The number of aliphatic hydroxyl groups is 1. The van der Waals surface area contributed by atoms with E-state index in [0.29, 0.717) is 13.0 Å². The third-order valence-corrected chi connectivity index (χ3v) is 9.23. The van der Waals surface area contributed by atoms with Crippen LogP contribution >= 0.6 is 7.52 Å². The first-order valence-electron chi connectivity index (χ1n) is 13.4. The number of nitrogens with zero attached hydrogens (tertiary/aromatic N) is 2. The SMILES string of the molecule is CNC(=O)CCCOP1(=O)N=C(C2=C(O)[C@H](C(C)(C)C)N(CCC(C)(C)C)C2=O)Nc2ccc(NS(C)(=O)=O)cc21. The summed E-state index contributed by atoms with van der Waals surface area (Å²) in [5.41, 5.74) is -0.217. The number of amidine groups is 1. The molecule has 2 atom stereocenters. The van der Waals surface area contributed by atoms with Crippen molar-refractivity contribution in [1.82, 2.24) is 10.2 Å². The summed E-state index contributed by atoms with van der Waals surface area (Å²) in [5.74, 6) is -0.918. The van der Waals surface area contributed by atoms with Crippen LogP contribution in [0.1, 0.15) is 60.8 Å². The fourth-order valence-electron chi connectivity index (χ4n) is 4.69. The largest absolute Gasteiger partial charge is 0.509 e. The second kappa shape index (κ2) is 11.8. The highest BCUT2D eigenvalue weighted by molar-refractivity contribution is 7.92. The Morgan fingerprint density at radius 2 is 1.88 bits per heavy atom. The van der Waals surface area contributed by atoms with Crippen molar-refractivity contribution >= 4 is 51.9 Å². The van der Waals surface area contributed by atoms with Gasteiger partial charge in [-0.3, -0.25) is 18.9 Å². The highest BCUT2D eigenvalue weighted by atomic mass is 32.2. The summed E-state index contributed by atoms with van der Waals surface area (Å²) in [6, 6.07) is 3.71. The van der Waals surface area contributed by atoms with Gasteiger partial charge in [-0.05, 0) is 41.9 Å². The maximum Gasteiger partial charge on any atom is 0.348 e. The van der Waals surface area contributed by atoms with Gasteiger partial charge in [-0.25, -0.2) is 8.42 Å². The Labute approximate surface area is 242 Å². The van der Waals surface area contributed by atoms with Gasteiger partial charge in [-0.1, -0.05) is 41.5 Å². The standard InChI is InChI=1S/C27H42N5O7PS/c1-26(2,3)13-14-32-23(27(4,5)6)22(34)21(25(32)35)24-29-18-12-11-17(31-41(8,37)38)16-19(18)40(36,30-24)39-15-9-10-20(33)28-7/h11-12,16,23,31,34H,9-10,13-15H2,1-8H3,(H,28,33)(H,29,30,36)/t23-,40?/m1/s1. The molecule has 0 saturated carbocycles. The molecule has 0 fully saturated rings. The Morgan fingerprint density at radius 1 is 1.22 bits per heavy atom. The molecule has 0 aromatic heterocycles. The van der Waals surface area contributed by atoms with E-state index in [2.05, 4.69) is 40.9 Å². The third-order valence-electron chi connectivity index (χ3n) is 6.64. The summed E-state index contributed by atoms with van der Waals surface area (Å²) in [6.45, 7) is 12.3. The molecule has 1 aromatic carbocycles. The molecule has 3 rings (SSSR count). The van der Waals surface area contributed by atoms with E-state index in [-0.39, 0.29) is 64.6 Å². The number of hydrogen-bond acceptors (Lipinski definition) is 8. The minimum atomic E-state index is -4.11.